The fraction of sp³-hybridized carbons (Fsp3) is 0.480. The number of hydrogen-bond donors (Lipinski definition) is 1. The lowest BCUT2D eigenvalue weighted by molar-refractivity contribution is -0.137. The lowest BCUT2D eigenvalue weighted by atomic mass is 9.70. The second-order valence-electron chi connectivity index (χ2n) is 9.08. The van der Waals surface area contributed by atoms with E-state index in [0.29, 0.717) is 11.8 Å². The van der Waals surface area contributed by atoms with E-state index < -0.39 is 11.7 Å². The molecule has 1 unspecified atom stereocenters. The van der Waals surface area contributed by atoms with Crippen LogP contribution < -0.4 is 5.32 Å². The molecule has 0 amide bonds. The van der Waals surface area contributed by atoms with E-state index in [-0.39, 0.29) is 17.9 Å². The minimum Gasteiger partial charge on any atom is -0.381 e. The summed E-state index contributed by atoms with van der Waals surface area (Å²) in [4.78, 5) is 4.11. The van der Waals surface area contributed by atoms with Gasteiger partial charge in [-0.25, -0.2) is 4.98 Å². The number of imidazole rings is 1. The first-order chi connectivity index (χ1) is 14.8. The number of aromatic nitrogens is 2. The van der Waals surface area contributed by atoms with Crippen LogP contribution in [0.1, 0.15) is 50.2 Å². The number of nitrogens with one attached hydrogen (secondary N) is 1. The predicted molar refractivity (Wildman–Crippen MR) is 118 cm³/mol. The van der Waals surface area contributed by atoms with E-state index in [1.54, 1.807) is 12.3 Å². The van der Waals surface area contributed by atoms with Crippen molar-refractivity contribution < 1.29 is 13.2 Å². The minimum absolute atomic E-state index is 0.0586. The van der Waals surface area contributed by atoms with Crippen molar-refractivity contribution in [2.45, 2.75) is 57.8 Å². The smallest absolute Gasteiger partial charge is 0.381 e. The maximum Gasteiger partial charge on any atom is 0.416 e. The van der Waals surface area contributed by atoms with Crippen molar-refractivity contribution in [3.05, 3.63) is 72.4 Å². The van der Waals surface area contributed by atoms with E-state index in [9.17, 15) is 13.2 Å². The molecule has 0 spiro atoms. The Bertz CT molecular complexity index is 930. The number of benzene rings is 1. The summed E-state index contributed by atoms with van der Waals surface area (Å²) < 4.78 is 42.1. The summed E-state index contributed by atoms with van der Waals surface area (Å²) in [7, 11) is 0. The summed E-state index contributed by atoms with van der Waals surface area (Å²) in [6.07, 6.45) is 12.8. The molecule has 3 nitrogen and oxygen atoms in total. The third-order valence-electron chi connectivity index (χ3n) is 6.84. The molecular weight excluding hydrogens is 399 g/mol. The van der Waals surface area contributed by atoms with Crippen molar-refractivity contribution in [1.29, 1.82) is 0 Å². The number of halogens is 3. The van der Waals surface area contributed by atoms with E-state index in [2.05, 4.69) is 53.0 Å². The van der Waals surface area contributed by atoms with Gasteiger partial charge in [0.2, 0.25) is 0 Å². The van der Waals surface area contributed by atoms with E-state index in [0.717, 1.165) is 37.1 Å². The Labute approximate surface area is 182 Å². The van der Waals surface area contributed by atoms with Crippen molar-refractivity contribution in [3.8, 4) is 0 Å². The maximum atomic E-state index is 13.3. The Kier molecular flexibility index (Phi) is 6.26. The van der Waals surface area contributed by atoms with Crippen LogP contribution in [0, 0.1) is 17.8 Å². The average molecular weight is 430 g/mol. The van der Waals surface area contributed by atoms with Crippen LogP contribution in [0.5, 0.6) is 0 Å². The Balaban J connectivity index is 1.56. The molecule has 1 aliphatic carbocycles. The molecule has 31 heavy (non-hydrogen) atoms. The van der Waals surface area contributed by atoms with Gasteiger partial charge in [-0.2, -0.15) is 13.2 Å². The van der Waals surface area contributed by atoms with Crippen molar-refractivity contribution in [1.82, 2.24) is 9.55 Å². The van der Waals surface area contributed by atoms with Gasteiger partial charge in [-0.05, 0) is 60.8 Å². The molecule has 6 heteroatoms. The topological polar surface area (TPSA) is 29.9 Å². The molecule has 5 atom stereocenters. The van der Waals surface area contributed by atoms with Crippen molar-refractivity contribution >= 4 is 5.69 Å². The van der Waals surface area contributed by atoms with Gasteiger partial charge in [0.05, 0.1) is 11.9 Å². The minimum atomic E-state index is -4.32. The van der Waals surface area contributed by atoms with Gasteiger partial charge in [-0.3, -0.25) is 0 Å². The van der Waals surface area contributed by atoms with E-state index in [1.165, 1.54) is 12.1 Å². The number of allylic oxidation sites excluding steroid dienone is 3. The van der Waals surface area contributed by atoms with Crippen LogP contribution in [0.2, 0.25) is 0 Å². The number of nitrogens with zero attached hydrogens (tertiary/aromatic N) is 2. The summed E-state index contributed by atoms with van der Waals surface area (Å²) in [5, 5.41) is 3.63. The van der Waals surface area contributed by atoms with Crippen LogP contribution in [0.4, 0.5) is 18.9 Å². The molecule has 1 aromatic carbocycles. The molecule has 0 fully saturated rings. The molecule has 2 aromatic rings. The fourth-order valence-electron chi connectivity index (χ4n) is 5.12. The van der Waals surface area contributed by atoms with Crippen LogP contribution in [0.25, 0.3) is 0 Å². The highest BCUT2D eigenvalue weighted by Gasteiger charge is 2.39. The molecule has 0 saturated carbocycles. The largest absolute Gasteiger partial charge is 0.416 e. The monoisotopic (exact) mass is 429 g/mol. The average Bonchev–Trinajstić information content (AvgIpc) is 3.25. The van der Waals surface area contributed by atoms with Crippen molar-refractivity contribution in [2.75, 3.05) is 5.32 Å². The van der Waals surface area contributed by atoms with Gasteiger partial charge >= 0.3 is 6.18 Å². The van der Waals surface area contributed by atoms with E-state index in [1.807, 2.05) is 12.5 Å². The van der Waals surface area contributed by atoms with Crippen LogP contribution in [-0.4, -0.2) is 15.6 Å². The number of rotatable bonds is 6. The lowest BCUT2D eigenvalue weighted by Gasteiger charge is -2.43. The normalized spacial score (nSPS) is 26.4. The molecule has 0 bridgehead atoms. The van der Waals surface area contributed by atoms with Gasteiger partial charge in [0.1, 0.15) is 0 Å². The second kappa shape index (κ2) is 8.93. The van der Waals surface area contributed by atoms with Gasteiger partial charge in [0.25, 0.3) is 0 Å². The zero-order chi connectivity index (χ0) is 22.0. The summed E-state index contributed by atoms with van der Waals surface area (Å²) in [6.45, 7) is 5.23. The predicted octanol–water partition coefficient (Wildman–Crippen LogP) is 6.66. The molecule has 1 aliphatic heterocycles. The SMILES string of the molecule is C[C@H](CC[C@@H]1[C@H](C)c2cc(C(F)(F)F)ccc2N[C@H]1C1C=CC=CC1)Cn1ccnc1. The standard InChI is InChI=1S/C25H30F3N3/c1-17(15-31-13-12-29-16-31)8-10-21-18(2)22-14-20(25(26,27)28)9-11-23(22)30-24(21)19-6-4-3-5-7-19/h3-6,9,11-14,16-19,21,24,30H,7-8,10,15H2,1-2H3/t17-,18+,19?,21-,24+/m1/s1. The molecule has 1 aromatic heterocycles. The van der Waals surface area contributed by atoms with Crippen LogP contribution >= 0.6 is 0 Å². The highest BCUT2D eigenvalue weighted by molar-refractivity contribution is 5.58. The Morgan fingerprint density at radius 2 is 2.10 bits per heavy atom. The first-order valence-corrected chi connectivity index (χ1v) is 11.1. The Morgan fingerprint density at radius 1 is 1.26 bits per heavy atom. The number of hydrogen-bond acceptors (Lipinski definition) is 2. The quantitative estimate of drug-likeness (QED) is 0.556. The summed E-state index contributed by atoms with van der Waals surface area (Å²) in [5.41, 5.74) is 1.07. The molecular formula is C25H30F3N3. The molecule has 0 radical (unpaired) electrons. The Morgan fingerprint density at radius 3 is 2.77 bits per heavy atom. The third kappa shape index (κ3) is 4.89. The van der Waals surface area contributed by atoms with Gasteiger partial charge in [-0.1, -0.05) is 38.2 Å². The summed E-state index contributed by atoms with van der Waals surface area (Å²) in [6, 6.07) is 4.37. The number of alkyl halides is 3. The molecule has 166 valence electrons. The first kappa shape index (κ1) is 21.7. The molecule has 1 N–H and O–H groups in total. The van der Waals surface area contributed by atoms with Gasteiger partial charge in [0.15, 0.2) is 0 Å². The van der Waals surface area contributed by atoms with E-state index in [4.69, 9.17) is 0 Å². The Hall–Kier alpha value is -2.50. The van der Waals surface area contributed by atoms with Crippen molar-refractivity contribution in [3.63, 3.8) is 0 Å². The maximum absolute atomic E-state index is 13.3. The summed E-state index contributed by atoms with van der Waals surface area (Å²) in [5.74, 6) is 1.13. The van der Waals surface area contributed by atoms with Crippen LogP contribution in [0.15, 0.2) is 61.2 Å². The highest BCUT2D eigenvalue weighted by atomic mass is 19.4. The fourth-order valence-corrected chi connectivity index (χ4v) is 5.12. The zero-order valence-corrected chi connectivity index (χ0v) is 18.0. The molecule has 2 aliphatic rings. The molecule has 4 rings (SSSR count). The van der Waals surface area contributed by atoms with Crippen molar-refractivity contribution in [2.24, 2.45) is 17.8 Å². The first-order valence-electron chi connectivity index (χ1n) is 11.1. The molecule has 2 heterocycles. The molecule has 0 saturated heterocycles. The van der Waals surface area contributed by atoms with Crippen LogP contribution in [-0.2, 0) is 12.7 Å². The van der Waals surface area contributed by atoms with Gasteiger partial charge < -0.3 is 9.88 Å². The van der Waals surface area contributed by atoms with E-state index >= 15 is 0 Å². The third-order valence-corrected chi connectivity index (χ3v) is 6.84. The highest BCUT2D eigenvalue weighted by Crippen LogP contribution is 2.45. The second-order valence-corrected chi connectivity index (χ2v) is 9.08. The summed E-state index contributed by atoms with van der Waals surface area (Å²) >= 11 is 0. The van der Waals surface area contributed by atoms with Gasteiger partial charge in [-0.15, -0.1) is 0 Å². The number of anilines is 1. The van der Waals surface area contributed by atoms with Crippen LogP contribution in [0.3, 0.4) is 0 Å². The van der Waals surface area contributed by atoms with Gasteiger partial charge in [0, 0.05) is 36.6 Å². The lowest BCUT2D eigenvalue weighted by Crippen LogP contribution is -2.42. The zero-order valence-electron chi connectivity index (χ0n) is 18.0. The number of fused-ring (bicyclic) bond motifs is 1.